The van der Waals surface area contributed by atoms with Gasteiger partial charge in [-0.25, -0.2) is 9.78 Å². The Balaban J connectivity index is 2.16. The molecule has 2 aromatic heterocycles. The standard InChI is InChI=1S/C12H10N2O2S/c1-2-7-16-12(15)10-8-17-11(14-10)9-3-5-13-6-4-9/h2-6,8H,1,7H2. The van der Waals surface area contributed by atoms with Gasteiger partial charge in [-0.1, -0.05) is 12.7 Å². The Morgan fingerprint density at radius 3 is 2.94 bits per heavy atom. The summed E-state index contributed by atoms with van der Waals surface area (Å²) < 4.78 is 4.90. The largest absolute Gasteiger partial charge is 0.457 e. The Kier molecular flexibility index (Phi) is 3.62. The molecule has 0 atom stereocenters. The molecule has 0 amide bonds. The predicted molar refractivity (Wildman–Crippen MR) is 65.8 cm³/mol. The van der Waals surface area contributed by atoms with Crippen LogP contribution in [0.5, 0.6) is 0 Å². The number of esters is 1. The average molecular weight is 246 g/mol. The van der Waals surface area contributed by atoms with Gasteiger partial charge >= 0.3 is 5.97 Å². The summed E-state index contributed by atoms with van der Waals surface area (Å²) in [7, 11) is 0. The minimum absolute atomic E-state index is 0.195. The van der Waals surface area contributed by atoms with E-state index in [4.69, 9.17) is 4.74 Å². The first kappa shape index (κ1) is 11.5. The molecule has 17 heavy (non-hydrogen) atoms. The molecular weight excluding hydrogens is 236 g/mol. The summed E-state index contributed by atoms with van der Waals surface area (Å²) in [5.41, 5.74) is 1.26. The second-order valence-electron chi connectivity index (χ2n) is 3.16. The van der Waals surface area contributed by atoms with Crippen molar-refractivity contribution in [2.75, 3.05) is 6.61 Å². The van der Waals surface area contributed by atoms with Crippen LogP contribution in [0.15, 0.2) is 42.6 Å². The molecular formula is C12H10N2O2S. The van der Waals surface area contributed by atoms with Gasteiger partial charge in [0.1, 0.15) is 11.6 Å². The third-order valence-electron chi connectivity index (χ3n) is 1.97. The number of carbonyl (C=O) groups excluding carboxylic acids is 1. The van der Waals surface area contributed by atoms with Gasteiger partial charge < -0.3 is 4.74 Å². The van der Waals surface area contributed by atoms with Crippen LogP contribution in [0.4, 0.5) is 0 Å². The normalized spacial score (nSPS) is 9.88. The predicted octanol–water partition coefficient (Wildman–Crippen LogP) is 2.55. The monoisotopic (exact) mass is 246 g/mol. The minimum Gasteiger partial charge on any atom is -0.457 e. The maximum absolute atomic E-state index is 11.5. The third-order valence-corrected chi connectivity index (χ3v) is 2.86. The smallest absolute Gasteiger partial charge is 0.358 e. The molecule has 0 bridgehead atoms. The van der Waals surface area contributed by atoms with Crippen molar-refractivity contribution in [3.8, 4) is 10.6 Å². The lowest BCUT2D eigenvalue weighted by Crippen LogP contribution is -2.05. The van der Waals surface area contributed by atoms with Crippen LogP contribution >= 0.6 is 11.3 Å². The summed E-state index contributed by atoms with van der Waals surface area (Å²) in [6.07, 6.45) is 4.90. The maximum Gasteiger partial charge on any atom is 0.358 e. The van der Waals surface area contributed by atoms with Crippen LogP contribution in [-0.2, 0) is 4.74 Å². The molecule has 0 fully saturated rings. The van der Waals surface area contributed by atoms with E-state index in [1.807, 2.05) is 12.1 Å². The first-order valence-electron chi connectivity index (χ1n) is 4.95. The van der Waals surface area contributed by atoms with Gasteiger partial charge in [-0.05, 0) is 12.1 Å². The van der Waals surface area contributed by atoms with E-state index in [9.17, 15) is 4.79 Å². The lowest BCUT2D eigenvalue weighted by molar-refractivity contribution is 0.0544. The van der Waals surface area contributed by atoms with Crippen molar-refractivity contribution in [3.63, 3.8) is 0 Å². The Morgan fingerprint density at radius 2 is 2.24 bits per heavy atom. The Labute approximate surface area is 103 Å². The van der Waals surface area contributed by atoms with Crippen LogP contribution in [0, 0.1) is 0 Å². The lowest BCUT2D eigenvalue weighted by Gasteiger charge is -1.97. The summed E-state index contributed by atoms with van der Waals surface area (Å²) in [4.78, 5) is 19.7. The Bertz CT molecular complexity index is 522. The highest BCUT2D eigenvalue weighted by molar-refractivity contribution is 7.13. The quantitative estimate of drug-likeness (QED) is 0.614. The molecule has 4 nitrogen and oxygen atoms in total. The fraction of sp³-hybridized carbons (Fsp3) is 0.0833. The van der Waals surface area contributed by atoms with Gasteiger partial charge in [0, 0.05) is 23.3 Å². The molecule has 0 radical (unpaired) electrons. The van der Waals surface area contributed by atoms with Gasteiger partial charge in [-0.15, -0.1) is 11.3 Å². The molecule has 2 aromatic rings. The molecule has 0 spiro atoms. The Morgan fingerprint density at radius 1 is 1.47 bits per heavy atom. The molecule has 0 aliphatic rings. The summed E-state index contributed by atoms with van der Waals surface area (Å²) in [6, 6.07) is 3.69. The summed E-state index contributed by atoms with van der Waals surface area (Å²) in [5.74, 6) is -0.429. The fourth-order valence-electron chi connectivity index (χ4n) is 1.20. The van der Waals surface area contributed by atoms with E-state index < -0.39 is 5.97 Å². The van der Waals surface area contributed by atoms with Gasteiger partial charge in [-0.3, -0.25) is 4.98 Å². The highest BCUT2D eigenvalue weighted by atomic mass is 32.1. The van der Waals surface area contributed by atoms with Crippen molar-refractivity contribution in [2.24, 2.45) is 0 Å². The van der Waals surface area contributed by atoms with Gasteiger partial charge in [0.05, 0.1) is 0 Å². The molecule has 2 heterocycles. The zero-order valence-electron chi connectivity index (χ0n) is 9.00. The van der Waals surface area contributed by atoms with E-state index in [1.54, 1.807) is 17.8 Å². The van der Waals surface area contributed by atoms with E-state index in [0.29, 0.717) is 5.69 Å². The van der Waals surface area contributed by atoms with Crippen LogP contribution in [0.2, 0.25) is 0 Å². The number of aromatic nitrogens is 2. The van der Waals surface area contributed by atoms with Crippen LogP contribution in [0.3, 0.4) is 0 Å². The van der Waals surface area contributed by atoms with E-state index in [2.05, 4.69) is 16.5 Å². The number of ether oxygens (including phenoxy) is 1. The molecule has 86 valence electrons. The molecule has 0 aliphatic heterocycles. The highest BCUT2D eigenvalue weighted by Crippen LogP contribution is 2.23. The lowest BCUT2D eigenvalue weighted by atomic mass is 10.3. The molecule has 0 unspecified atom stereocenters. The number of carbonyl (C=O) groups is 1. The van der Waals surface area contributed by atoms with Crippen LogP contribution in [0.1, 0.15) is 10.5 Å². The Hall–Kier alpha value is -2.01. The minimum atomic E-state index is -0.429. The molecule has 2 rings (SSSR count). The summed E-state index contributed by atoms with van der Waals surface area (Å²) >= 11 is 1.40. The SMILES string of the molecule is C=CCOC(=O)c1csc(-c2ccncc2)n1. The number of pyridine rings is 1. The molecule has 0 N–H and O–H groups in total. The van der Waals surface area contributed by atoms with Crippen molar-refractivity contribution in [3.05, 3.63) is 48.3 Å². The summed E-state index contributed by atoms with van der Waals surface area (Å²) in [5, 5.41) is 2.46. The zero-order valence-corrected chi connectivity index (χ0v) is 9.81. The van der Waals surface area contributed by atoms with Crippen molar-refractivity contribution in [1.82, 2.24) is 9.97 Å². The number of rotatable bonds is 4. The summed E-state index contributed by atoms with van der Waals surface area (Å²) in [6.45, 7) is 3.67. The first-order valence-corrected chi connectivity index (χ1v) is 5.83. The van der Waals surface area contributed by atoms with Crippen molar-refractivity contribution in [2.45, 2.75) is 0 Å². The van der Waals surface area contributed by atoms with Crippen molar-refractivity contribution in [1.29, 1.82) is 0 Å². The molecule has 0 saturated carbocycles. The van der Waals surface area contributed by atoms with Crippen LogP contribution in [0.25, 0.3) is 10.6 Å². The highest BCUT2D eigenvalue weighted by Gasteiger charge is 2.12. The van der Waals surface area contributed by atoms with Gasteiger partial charge in [0.2, 0.25) is 0 Å². The second-order valence-corrected chi connectivity index (χ2v) is 4.02. The van der Waals surface area contributed by atoms with Crippen LogP contribution < -0.4 is 0 Å². The maximum atomic E-state index is 11.5. The zero-order chi connectivity index (χ0) is 12.1. The second kappa shape index (κ2) is 5.36. The fourth-order valence-corrected chi connectivity index (χ4v) is 2.00. The molecule has 0 aliphatic carbocycles. The first-order chi connectivity index (χ1) is 8.31. The van der Waals surface area contributed by atoms with E-state index >= 15 is 0 Å². The van der Waals surface area contributed by atoms with Gasteiger partial charge in [0.15, 0.2) is 5.69 Å². The van der Waals surface area contributed by atoms with E-state index in [-0.39, 0.29) is 6.61 Å². The van der Waals surface area contributed by atoms with Crippen LogP contribution in [-0.4, -0.2) is 22.5 Å². The number of nitrogens with zero attached hydrogens (tertiary/aromatic N) is 2. The number of hydrogen-bond donors (Lipinski definition) is 0. The van der Waals surface area contributed by atoms with E-state index in [1.165, 1.54) is 17.4 Å². The molecule has 0 aromatic carbocycles. The number of hydrogen-bond acceptors (Lipinski definition) is 5. The van der Waals surface area contributed by atoms with Crippen molar-refractivity contribution < 1.29 is 9.53 Å². The molecule has 0 saturated heterocycles. The van der Waals surface area contributed by atoms with Gasteiger partial charge in [-0.2, -0.15) is 0 Å². The van der Waals surface area contributed by atoms with Gasteiger partial charge in [0.25, 0.3) is 0 Å². The third kappa shape index (κ3) is 2.76. The number of thiazole rings is 1. The average Bonchev–Trinajstić information content (AvgIpc) is 2.86. The topological polar surface area (TPSA) is 52.1 Å². The van der Waals surface area contributed by atoms with Crippen molar-refractivity contribution >= 4 is 17.3 Å². The molecule has 5 heteroatoms. The van der Waals surface area contributed by atoms with E-state index in [0.717, 1.165) is 10.6 Å².